The molecule has 6 heterocycles. The van der Waals surface area contributed by atoms with E-state index in [1.165, 1.54) is 34.9 Å². The van der Waals surface area contributed by atoms with Gasteiger partial charge < -0.3 is 30.3 Å². The molecule has 2 saturated heterocycles. The number of amides is 5. The highest BCUT2D eigenvalue weighted by Crippen LogP contribution is 2.51. The fourth-order valence-corrected chi connectivity index (χ4v) is 9.60. The Kier molecular flexibility index (Phi) is 11.4. The Bertz CT molecular complexity index is 2590. The molecule has 5 amide bonds. The number of aromatic nitrogens is 4. The zero-order valence-electron chi connectivity index (χ0n) is 35.7. The topological polar surface area (TPSA) is 190 Å². The zero-order chi connectivity index (χ0) is 44.0. The molecule has 0 unspecified atom stereocenters. The molecule has 16 nitrogen and oxygen atoms in total. The van der Waals surface area contributed by atoms with E-state index >= 15 is 0 Å². The van der Waals surface area contributed by atoms with Gasteiger partial charge in [-0.15, -0.1) is 5.10 Å². The minimum atomic E-state index is -0.600. The monoisotopic (exact) mass is 874 g/mol. The predicted octanol–water partition coefficient (Wildman–Crippen LogP) is 6.68. The van der Waals surface area contributed by atoms with Gasteiger partial charge in [0.1, 0.15) is 11.4 Å². The van der Waals surface area contributed by atoms with Crippen LogP contribution in [0.2, 0.25) is 5.02 Å². The number of imidazole rings is 1. The van der Waals surface area contributed by atoms with Crippen molar-refractivity contribution in [1.82, 2.24) is 29.8 Å². The van der Waals surface area contributed by atoms with Crippen molar-refractivity contribution in [3.63, 3.8) is 0 Å². The number of carbonyl (C=O) groups is 4. The highest BCUT2D eigenvalue weighted by atomic mass is 35.5. The lowest BCUT2D eigenvalue weighted by Gasteiger charge is -2.51. The number of anilines is 4. The van der Waals surface area contributed by atoms with E-state index in [-0.39, 0.29) is 42.0 Å². The van der Waals surface area contributed by atoms with Crippen LogP contribution in [0.5, 0.6) is 5.75 Å². The van der Waals surface area contributed by atoms with Crippen LogP contribution in [0.15, 0.2) is 60.9 Å². The number of carbonyl (C=O) groups excluding carboxylic acids is 4. The Hall–Kier alpha value is -6.26. The van der Waals surface area contributed by atoms with Crippen LogP contribution in [0, 0.1) is 12.3 Å². The maximum absolute atomic E-state index is 13.7. The van der Waals surface area contributed by atoms with Crippen LogP contribution in [0.1, 0.15) is 83.3 Å². The number of imide groups is 1. The van der Waals surface area contributed by atoms with Gasteiger partial charge in [0.05, 0.1) is 46.7 Å². The van der Waals surface area contributed by atoms with Gasteiger partial charge in [-0.1, -0.05) is 23.7 Å². The minimum Gasteiger partial charge on any atom is -0.489 e. The predicted molar refractivity (Wildman–Crippen MR) is 239 cm³/mol. The third kappa shape index (κ3) is 8.13. The summed E-state index contributed by atoms with van der Waals surface area (Å²) in [6.45, 7) is 3.99. The third-order valence-electron chi connectivity index (χ3n) is 13.2. The summed E-state index contributed by atoms with van der Waals surface area (Å²) in [5, 5.41) is 10.6. The first-order chi connectivity index (χ1) is 30.4. The summed E-state index contributed by atoms with van der Waals surface area (Å²) in [5.41, 5.74) is 12.9. The van der Waals surface area contributed by atoms with Crippen molar-refractivity contribution < 1.29 is 28.7 Å². The number of halogens is 1. The number of hydrogen-bond donors (Lipinski definition) is 3. The van der Waals surface area contributed by atoms with Gasteiger partial charge in [-0.3, -0.25) is 29.6 Å². The van der Waals surface area contributed by atoms with Crippen LogP contribution in [-0.2, 0) is 16.0 Å². The van der Waals surface area contributed by atoms with Crippen LogP contribution < -0.4 is 30.9 Å². The van der Waals surface area contributed by atoms with Crippen molar-refractivity contribution in [1.29, 1.82) is 0 Å². The first-order valence-corrected chi connectivity index (χ1v) is 21.9. The number of urea groups is 1. The molecule has 17 heteroatoms. The summed E-state index contributed by atoms with van der Waals surface area (Å²) in [4.78, 5) is 64.6. The molecule has 5 aliphatic rings. The molecule has 1 spiro atoms. The third-order valence-corrected chi connectivity index (χ3v) is 13.7. The van der Waals surface area contributed by atoms with Gasteiger partial charge in [-0.25, -0.2) is 14.3 Å². The fraction of sp³-hybridized carbons (Fsp3) is 0.413. The Labute approximate surface area is 370 Å². The molecule has 3 aliphatic heterocycles. The molecule has 4 N–H and O–H groups in total. The highest BCUT2D eigenvalue weighted by Gasteiger charge is 2.48. The number of rotatable bonds is 9. The zero-order valence-corrected chi connectivity index (χ0v) is 36.4. The van der Waals surface area contributed by atoms with E-state index < -0.39 is 11.9 Å². The fourth-order valence-electron chi connectivity index (χ4n) is 9.39. The van der Waals surface area contributed by atoms with Crippen molar-refractivity contribution in [2.45, 2.75) is 76.9 Å². The molecular weight excluding hydrogens is 824 g/mol. The Morgan fingerprint density at radius 1 is 0.937 bits per heavy atom. The molecule has 4 fully saturated rings. The number of pyridine rings is 1. The van der Waals surface area contributed by atoms with Gasteiger partial charge in [-0.2, -0.15) is 0 Å². The molecule has 2 saturated carbocycles. The van der Waals surface area contributed by atoms with Crippen molar-refractivity contribution in [3.8, 4) is 17.0 Å². The quantitative estimate of drug-likeness (QED) is 0.143. The summed E-state index contributed by atoms with van der Waals surface area (Å²) in [6.07, 6.45) is 12.4. The Balaban J connectivity index is 0.000000777. The number of aryl methyl sites for hydroxylation is 1. The largest absolute Gasteiger partial charge is 0.489 e. The van der Waals surface area contributed by atoms with Gasteiger partial charge in [0.25, 0.3) is 11.8 Å². The maximum atomic E-state index is 13.7. The van der Waals surface area contributed by atoms with Crippen molar-refractivity contribution in [2.24, 2.45) is 11.1 Å². The SMILES string of the molecule is CNc1cc(N2CCc3c(-c4ccc(OC5CC6(CCN(C(=O)c7cc(C)c(Cl)c(N8CCC(=O)NC8=O)c7)CC6)C5)cn4)cccc32)nn2c(C(N)=O)cnc12.COC1CCC1. The first kappa shape index (κ1) is 42.1. The van der Waals surface area contributed by atoms with Gasteiger partial charge >= 0.3 is 6.03 Å². The Morgan fingerprint density at radius 2 is 1.71 bits per heavy atom. The van der Waals surface area contributed by atoms with Gasteiger partial charge in [0.2, 0.25) is 5.91 Å². The summed E-state index contributed by atoms with van der Waals surface area (Å²) in [5.74, 6) is 0.375. The van der Waals surface area contributed by atoms with Crippen molar-refractivity contribution >= 4 is 63.9 Å². The molecule has 63 heavy (non-hydrogen) atoms. The molecule has 5 aromatic rings. The molecule has 2 aliphatic carbocycles. The normalized spacial score (nSPS) is 18.3. The standard InChI is InChI=1S/C41H41ClN10O5.C5H10O/c1-23-16-24(17-32(36(23)42)51-13-9-35(53)47-40(51)56)39(55)49-14-10-41(11-15-49)19-26(20-41)57-25-6-7-29(45-21-25)27-4-3-5-31-28(27)8-12-50(31)34-18-30(44-2)38-46-22-33(37(43)54)52(38)48-34;1-6-5-3-2-4-5/h3-7,16-18,21-22,26,44H,8-15,19-20H2,1-2H3,(H2,43,54)(H,47,53,56);5H,2-4H2,1H3. The minimum absolute atomic E-state index is 0.0800. The number of hydrogen-bond acceptors (Lipinski definition) is 11. The van der Waals surface area contributed by atoms with Crippen LogP contribution in [-0.4, -0.2) is 101 Å². The summed E-state index contributed by atoms with van der Waals surface area (Å²) in [6, 6.07) is 15.0. The molecule has 0 radical (unpaired) electrons. The molecule has 0 atom stereocenters. The second-order valence-corrected chi connectivity index (χ2v) is 17.5. The number of nitrogens with two attached hydrogens (primary N) is 1. The molecule has 10 rings (SSSR count). The number of likely N-dealkylation sites (tertiary alicyclic amines) is 1. The van der Waals surface area contributed by atoms with Crippen LogP contribution >= 0.6 is 11.6 Å². The van der Waals surface area contributed by atoms with Gasteiger partial charge in [0, 0.05) is 69.6 Å². The van der Waals surface area contributed by atoms with Crippen LogP contribution in [0.25, 0.3) is 16.9 Å². The summed E-state index contributed by atoms with van der Waals surface area (Å²) in [7, 11) is 3.58. The average molecular weight is 875 g/mol. The maximum Gasteiger partial charge on any atom is 0.328 e. The van der Waals surface area contributed by atoms with E-state index in [2.05, 4.69) is 32.7 Å². The number of benzene rings is 2. The number of ether oxygens (including phenoxy) is 2. The number of primary amides is 1. The van der Waals surface area contributed by atoms with Crippen LogP contribution in [0.4, 0.5) is 27.7 Å². The van der Waals surface area contributed by atoms with E-state index in [0.29, 0.717) is 59.0 Å². The molecule has 0 bridgehead atoms. The smallest absolute Gasteiger partial charge is 0.328 e. The second-order valence-electron chi connectivity index (χ2n) is 17.1. The Morgan fingerprint density at radius 3 is 2.37 bits per heavy atom. The van der Waals surface area contributed by atoms with Crippen molar-refractivity contribution in [3.05, 3.63) is 88.3 Å². The van der Waals surface area contributed by atoms with Crippen molar-refractivity contribution in [2.75, 3.05) is 55.5 Å². The number of piperidine rings is 1. The number of fused-ring (bicyclic) bond motifs is 2. The molecular formula is C46H51ClN10O6. The number of nitrogens with zero attached hydrogens (tertiary/aromatic N) is 7. The molecule has 3 aromatic heterocycles. The van der Waals surface area contributed by atoms with Crippen LogP contribution in [0.3, 0.4) is 0 Å². The lowest BCUT2D eigenvalue weighted by atomic mass is 9.61. The number of methoxy groups -OCH3 is 1. The van der Waals surface area contributed by atoms with E-state index in [4.69, 9.17) is 36.9 Å². The van der Waals surface area contributed by atoms with E-state index in [9.17, 15) is 19.2 Å². The van der Waals surface area contributed by atoms with Gasteiger partial charge in [0.15, 0.2) is 11.5 Å². The lowest BCUT2D eigenvalue weighted by molar-refractivity contribution is -0.120. The highest BCUT2D eigenvalue weighted by molar-refractivity contribution is 6.35. The van der Waals surface area contributed by atoms with Gasteiger partial charge in [-0.05, 0) is 105 Å². The first-order valence-electron chi connectivity index (χ1n) is 21.6. The molecule has 2 aromatic carbocycles. The molecule has 328 valence electrons. The summed E-state index contributed by atoms with van der Waals surface area (Å²) >= 11 is 6.57. The number of nitrogens with one attached hydrogen (secondary N) is 2. The van der Waals surface area contributed by atoms with E-state index in [0.717, 1.165) is 66.0 Å². The van der Waals surface area contributed by atoms with E-state index in [1.807, 2.05) is 36.1 Å². The lowest BCUT2D eigenvalue weighted by Crippen LogP contribution is -2.52. The second kappa shape index (κ2) is 17.1. The summed E-state index contributed by atoms with van der Waals surface area (Å²) < 4.78 is 12.9. The average Bonchev–Trinajstić information content (AvgIpc) is 3.89. The van der Waals surface area contributed by atoms with E-state index in [1.54, 1.807) is 32.5 Å².